The molecular weight excluding hydrogens is 264 g/mol. The lowest BCUT2D eigenvalue weighted by atomic mass is 9.88. The Hall–Kier alpha value is -0.120. The lowest BCUT2D eigenvalue weighted by molar-refractivity contribution is -0.00145. The summed E-state index contributed by atoms with van der Waals surface area (Å²) in [7, 11) is 0. The summed E-state index contributed by atoms with van der Waals surface area (Å²) >= 11 is 0. The molecule has 0 aliphatic rings. The van der Waals surface area contributed by atoms with Gasteiger partial charge in [-0.2, -0.15) is 0 Å². The molecule has 0 aromatic rings. The average Bonchev–Trinajstić information content (AvgIpc) is 2.40. The topological polar surface area (TPSA) is 60.7 Å². The van der Waals surface area contributed by atoms with Crippen LogP contribution in [-0.4, -0.2) is 33.6 Å². The number of aliphatic hydroxyl groups is 3. The molecule has 1 unspecified atom stereocenters. The molecule has 128 valence electrons. The molecular formula is C18H38O3. The van der Waals surface area contributed by atoms with Gasteiger partial charge in [0.1, 0.15) is 0 Å². The monoisotopic (exact) mass is 302 g/mol. The van der Waals surface area contributed by atoms with Crippen molar-refractivity contribution in [3.8, 4) is 0 Å². The van der Waals surface area contributed by atoms with Crippen LogP contribution in [0.2, 0.25) is 0 Å². The third-order valence-corrected chi connectivity index (χ3v) is 4.32. The van der Waals surface area contributed by atoms with Crippen LogP contribution in [0.5, 0.6) is 0 Å². The van der Waals surface area contributed by atoms with E-state index in [1.165, 1.54) is 19.3 Å². The van der Waals surface area contributed by atoms with Gasteiger partial charge in [-0.25, -0.2) is 0 Å². The minimum Gasteiger partial charge on any atom is -0.393 e. The first-order chi connectivity index (χ1) is 9.86. The summed E-state index contributed by atoms with van der Waals surface area (Å²) in [5, 5.41) is 29.3. The molecule has 0 spiro atoms. The van der Waals surface area contributed by atoms with Crippen LogP contribution < -0.4 is 0 Å². The summed E-state index contributed by atoms with van der Waals surface area (Å²) in [6, 6.07) is 0. The van der Waals surface area contributed by atoms with E-state index in [-0.39, 0.29) is 6.10 Å². The van der Waals surface area contributed by atoms with E-state index in [0.29, 0.717) is 24.7 Å². The number of hydrogen-bond acceptors (Lipinski definition) is 3. The van der Waals surface area contributed by atoms with Gasteiger partial charge in [0, 0.05) is 0 Å². The Bertz CT molecular complexity index is 231. The molecule has 0 rings (SSSR count). The maximum absolute atomic E-state index is 10.1. The average molecular weight is 302 g/mol. The van der Waals surface area contributed by atoms with Crippen molar-refractivity contribution in [1.82, 2.24) is 0 Å². The Labute approximate surface area is 131 Å². The van der Waals surface area contributed by atoms with E-state index in [4.69, 9.17) is 0 Å². The van der Waals surface area contributed by atoms with E-state index in [1.807, 2.05) is 0 Å². The molecule has 0 aliphatic carbocycles. The van der Waals surface area contributed by atoms with E-state index in [2.05, 4.69) is 20.8 Å². The lowest BCUT2D eigenvalue weighted by Crippen LogP contribution is -2.28. The molecule has 5 atom stereocenters. The molecule has 0 aliphatic heterocycles. The van der Waals surface area contributed by atoms with E-state index in [0.717, 1.165) is 25.7 Å². The van der Waals surface area contributed by atoms with Gasteiger partial charge < -0.3 is 15.3 Å². The van der Waals surface area contributed by atoms with E-state index >= 15 is 0 Å². The molecule has 0 saturated heterocycles. The molecule has 0 saturated carbocycles. The van der Waals surface area contributed by atoms with Crippen molar-refractivity contribution >= 4 is 0 Å². The first-order valence-corrected chi connectivity index (χ1v) is 8.90. The lowest BCUT2D eigenvalue weighted by Gasteiger charge is -2.23. The van der Waals surface area contributed by atoms with Crippen LogP contribution in [0.15, 0.2) is 0 Å². The Morgan fingerprint density at radius 2 is 1.29 bits per heavy atom. The summed E-state index contributed by atoms with van der Waals surface area (Å²) in [5.41, 5.74) is 0. The van der Waals surface area contributed by atoms with Crippen LogP contribution in [-0.2, 0) is 0 Å². The molecule has 21 heavy (non-hydrogen) atoms. The normalized spacial score (nSPS) is 19.0. The molecule has 0 aromatic heterocycles. The number of aliphatic hydroxyl groups excluding tert-OH is 3. The predicted octanol–water partition coefficient (Wildman–Crippen LogP) is 3.89. The fourth-order valence-electron chi connectivity index (χ4n) is 3.01. The zero-order valence-corrected chi connectivity index (χ0v) is 14.6. The van der Waals surface area contributed by atoms with Gasteiger partial charge in [0.05, 0.1) is 18.3 Å². The van der Waals surface area contributed by atoms with Crippen LogP contribution in [0.25, 0.3) is 0 Å². The van der Waals surface area contributed by atoms with Gasteiger partial charge in [0.15, 0.2) is 0 Å². The molecule has 0 aromatic carbocycles. The van der Waals surface area contributed by atoms with Gasteiger partial charge >= 0.3 is 0 Å². The first kappa shape index (κ1) is 20.9. The van der Waals surface area contributed by atoms with Gasteiger partial charge in [-0.3, -0.25) is 0 Å². The Morgan fingerprint density at radius 3 is 1.86 bits per heavy atom. The zero-order chi connectivity index (χ0) is 16.3. The standard InChI is InChI=1S/C18H38O3/c1-5-6-9-14(2)12-15(3)13-18(21)17(20)11-8-7-10-16(4)19/h14-21H,5-13H2,1-4H3/t14?,15-,16-,17-,18-/m0/s1. The van der Waals surface area contributed by atoms with Gasteiger partial charge in [-0.05, 0) is 44.4 Å². The summed E-state index contributed by atoms with van der Waals surface area (Å²) < 4.78 is 0. The minimum absolute atomic E-state index is 0.267. The van der Waals surface area contributed by atoms with Crippen molar-refractivity contribution in [3.05, 3.63) is 0 Å². The fraction of sp³-hybridized carbons (Fsp3) is 1.00. The molecule has 0 radical (unpaired) electrons. The van der Waals surface area contributed by atoms with Gasteiger partial charge in [-0.1, -0.05) is 52.9 Å². The molecule has 0 bridgehead atoms. The highest BCUT2D eigenvalue weighted by Gasteiger charge is 2.20. The quantitative estimate of drug-likeness (QED) is 0.452. The molecule has 3 heteroatoms. The van der Waals surface area contributed by atoms with Crippen LogP contribution in [0.4, 0.5) is 0 Å². The number of rotatable bonds is 13. The van der Waals surface area contributed by atoms with Gasteiger partial charge in [0.25, 0.3) is 0 Å². The van der Waals surface area contributed by atoms with E-state index in [9.17, 15) is 15.3 Å². The van der Waals surface area contributed by atoms with Crippen molar-refractivity contribution in [1.29, 1.82) is 0 Å². The van der Waals surface area contributed by atoms with Gasteiger partial charge in [0.2, 0.25) is 0 Å². The summed E-state index contributed by atoms with van der Waals surface area (Å²) in [5.74, 6) is 1.16. The summed E-state index contributed by atoms with van der Waals surface area (Å²) in [4.78, 5) is 0. The largest absolute Gasteiger partial charge is 0.393 e. The van der Waals surface area contributed by atoms with Crippen LogP contribution in [0.1, 0.15) is 85.5 Å². The maximum Gasteiger partial charge on any atom is 0.0801 e. The van der Waals surface area contributed by atoms with E-state index < -0.39 is 12.2 Å². The third-order valence-electron chi connectivity index (χ3n) is 4.32. The molecule has 3 nitrogen and oxygen atoms in total. The second-order valence-corrected chi connectivity index (χ2v) is 7.09. The van der Waals surface area contributed by atoms with Gasteiger partial charge in [-0.15, -0.1) is 0 Å². The van der Waals surface area contributed by atoms with Crippen molar-refractivity contribution in [2.75, 3.05) is 0 Å². The molecule has 0 fully saturated rings. The second-order valence-electron chi connectivity index (χ2n) is 7.09. The van der Waals surface area contributed by atoms with Crippen molar-refractivity contribution < 1.29 is 15.3 Å². The second kappa shape index (κ2) is 12.4. The van der Waals surface area contributed by atoms with Crippen molar-refractivity contribution in [3.63, 3.8) is 0 Å². The van der Waals surface area contributed by atoms with Crippen LogP contribution in [0, 0.1) is 11.8 Å². The minimum atomic E-state index is -0.618. The highest BCUT2D eigenvalue weighted by Crippen LogP contribution is 2.22. The molecule has 0 amide bonds. The SMILES string of the molecule is CCCCC(C)C[C@H](C)C[C@H](O)[C@@H](O)CCCC[C@H](C)O. The van der Waals surface area contributed by atoms with Crippen LogP contribution >= 0.6 is 0 Å². The Morgan fingerprint density at radius 1 is 0.667 bits per heavy atom. The van der Waals surface area contributed by atoms with Crippen molar-refractivity contribution in [2.24, 2.45) is 11.8 Å². The van der Waals surface area contributed by atoms with Crippen molar-refractivity contribution in [2.45, 2.75) is 104 Å². The molecule has 0 heterocycles. The predicted molar refractivity (Wildman–Crippen MR) is 89.2 cm³/mol. The highest BCUT2D eigenvalue weighted by molar-refractivity contribution is 4.72. The molecule has 3 N–H and O–H groups in total. The number of unbranched alkanes of at least 4 members (excludes halogenated alkanes) is 2. The highest BCUT2D eigenvalue weighted by atomic mass is 16.3. The summed E-state index contributed by atoms with van der Waals surface area (Å²) in [6.07, 6.45) is 7.29. The zero-order valence-electron chi connectivity index (χ0n) is 14.6. The first-order valence-electron chi connectivity index (χ1n) is 8.90. The number of hydrogen-bond donors (Lipinski definition) is 3. The smallest absolute Gasteiger partial charge is 0.0801 e. The van der Waals surface area contributed by atoms with E-state index in [1.54, 1.807) is 6.92 Å². The van der Waals surface area contributed by atoms with Crippen LogP contribution in [0.3, 0.4) is 0 Å². The fourth-order valence-corrected chi connectivity index (χ4v) is 3.01. The maximum atomic E-state index is 10.1. The Kier molecular flexibility index (Phi) is 12.4. The summed E-state index contributed by atoms with van der Waals surface area (Å²) in [6.45, 7) is 8.46. The third kappa shape index (κ3) is 12.1. The Balaban J connectivity index is 3.80.